The van der Waals surface area contributed by atoms with Gasteiger partial charge in [0.15, 0.2) is 0 Å². The number of benzene rings is 1. The number of nitrogens with zero attached hydrogens (tertiary/aromatic N) is 2. The topological polar surface area (TPSA) is 41.7 Å². The van der Waals surface area contributed by atoms with Gasteiger partial charge in [0.05, 0.1) is 7.11 Å². The fourth-order valence-corrected chi connectivity index (χ4v) is 2.42. The van der Waals surface area contributed by atoms with Crippen molar-refractivity contribution in [3.63, 3.8) is 0 Å². The first-order valence-corrected chi connectivity index (χ1v) is 6.44. The lowest BCUT2D eigenvalue weighted by atomic mass is 10.1. The molecule has 2 N–H and O–H groups in total. The van der Waals surface area contributed by atoms with E-state index in [1.807, 2.05) is 12.1 Å². The van der Waals surface area contributed by atoms with Crippen molar-refractivity contribution in [1.29, 1.82) is 0 Å². The van der Waals surface area contributed by atoms with E-state index in [2.05, 4.69) is 29.8 Å². The summed E-state index contributed by atoms with van der Waals surface area (Å²) in [6.45, 7) is 6.55. The minimum atomic E-state index is 0.613. The van der Waals surface area contributed by atoms with Crippen molar-refractivity contribution in [2.24, 2.45) is 0 Å². The molecule has 1 saturated heterocycles. The minimum Gasteiger partial charge on any atom is -0.497 e. The van der Waals surface area contributed by atoms with Crippen LogP contribution in [0.3, 0.4) is 0 Å². The van der Waals surface area contributed by atoms with Crippen LogP contribution in [0.25, 0.3) is 0 Å². The Morgan fingerprint density at radius 2 is 2.11 bits per heavy atom. The Balaban J connectivity index is 2.03. The zero-order chi connectivity index (χ0) is 13.1. The Hall–Kier alpha value is -1.26. The molecule has 0 bridgehead atoms. The van der Waals surface area contributed by atoms with Crippen molar-refractivity contribution in [2.75, 3.05) is 39.5 Å². The number of ether oxygens (including phenoxy) is 1. The van der Waals surface area contributed by atoms with Crippen molar-refractivity contribution < 1.29 is 4.74 Å². The molecule has 1 atom stereocenters. The van der Waals surface area contributed by atoms with Gasteiger partial charge in [-0.25, -0.2) is 0 Å². The van der Waals surface area contributed by atoms with Crippen molar-refractivity contribution in [3.8, 4) is 5.75 Å². The molecule has 1 aromatic rings. The quantitative estimate of drug-likeness (QED) is 0.823. The zero-order valence-corrected chi connectivity index (χ0v) is 11.5. The van der Waals surface area contributed by atoms with Crippen molar-refractivity contribution in [3.05, 3.63) is 23.8 Å². The SMILES string of the molecule is COc1cc(N)cc(CN2CCN(C)C(C)C2)c1. The molecule has 1 fully saturated rings. The smallest absolute Gasteiger partial charge is 0.121 e. The number of anilines is 1. The predicted octanol–water partition coefficient (Wildman–Crippen LogP) is 1.41. The van der Waals surface area contributed by atoms with E-state index in [-0.39, 0.29) is 0 Å². The molecule has 1 aromatic carbocycles. The largest absolute Gasteiger partial charge is 0.497 e. The molecule has 0 saturated carbocycles. The van der Waals surface area contributed by atoms with Crippen LogP contribution in [0.4, 0.5) is 5.69 Å². The number of rotatable bonds is 3. The Kier molecular flexibility index (Phi) is 4.09. The molecule has 4 heteroatoms. The van der Waals surface area contributed by atoms with E-state index in [0.717, 1.165) is 37.6 Å². The van der Waals surface area contributed by atoms with Gasteiger partial charge in [-0.2, -0.15) is 0 Å². The van der Waals surface area contributed by atoms with Gasteiger partial charge in [-0.15, -0.1) is 0 Å². The van der Waals surface area contributed by atoms with Gasteiger partial charge in [-0.3, -0.25) is 4.90 Å². The first kappa shape index (κ1) is 13.2. The van der Waals surface area contributed by atoms with Gasteiger partial charge in [0.25, 0.3) is 0 Å². The molecular weight excluding hydrogens is 226 g/mol. The average molecular weight is 249 g/mol. The van der Waals surface area contributed by atoms with E-state index < -0.39 is 0 Å². The highest BCUT2D eigenvalue weighted by molar-refractivity contribution is 5.47. The third-order valence-corrected chi connectivity index (χ3v) is 3.67. The Bertz CT molecular complexity index is 408. The van der Waals surface area contributed by atoms with Gasteiger partial charge in [0.1, 0.15) is 5.75 Å². The van der Waals surface area contributed by atoms with Crippen LogP contribution in [0.1, 0.15) is 12.5 Å². The standard InChI is InChI=1S/C14H23N3O/c1-11-9-17(5-4-16(11)2)10-12-6-13(15)8-14(7-12)18-3/h6-8,11H,4-5,9-10,15H2,1-3H3. The van der Waals surface area contributed by atoms with Crippen LogP contribution in [-0.2, 0) is 6.54 Å². The summed E-state index contributed by atoms with van der Waals surface area (Å²) in [4.78, 5) is 4.87. The third kappa shape index (κ3) is 3.15. The predicted molar refractivity (Wildman–Crippen MR) is 74.8 cm³/mol. The summed E-state index contributed by atoms with van der Waals surface area (Å²) < 4.78 is 5.26. The summed E-state index contributed by atoms with van der Waals surface area (Å²) >= 11 is 0. The number of nitrogen functional groups attached to an aromatic ring is 1. The van der Waals surface area contributed by atoms with Gasteiger partial charge in [-0.05, 0) is 31.7 Å². The van der Waals surface area contributed by atoms with Crippen LogP contribution in [0.2, 0.25) is 0 Å². The van der Waals surface area contributed by atoms with Crippen LogP contribution in [-0.4, -0.2) is 49.6 Å². The van der Waals surface area contributed by atoms with E-state index >= 15 is 0 Å². The second-order valence-corrected chi connectivity index (χ2v) is 5.18. The third-order valence-electron chi connectivity index (χ3n) is 3.67. The highest BCUT2D eigenvalue weighted by Crippen LogP contribution is 2.20. The molecule has 1 unspecified atom stereocenters. The van der Waals surface area contributed by atoms with Gasteiger partial charge in [0.2, 0.25) is 0 Å². The fourth-order valence-electron chi connectivity index (χ4n) is 2.42. The normalized spacial score (nSPS) is 22.1. The lowest BCUT2D eigenvalue weighted by Gasteiger charge is -2.37. The number of likely N-dealkylation sites (N-methyl/N-ethyl adjacent to an activating group) is 1. The van der Waals surface area contributed by atoms with Gasteiger partial charge in [0, 0.05) is 44.0 Å². The first-order chi connectivity index (χ1) is 8.58. The van der Waals surface area contributed by atoms with Crippen LogP contribution >= 0.6 is 0 Å². The molecule has 0 radical (unpaired) electrons. The van der Waals surface area contributed by atoms with Crippen molar-refractivity contribution in [1.82, 2.24) is 9.80 Å². The number of hydrogen-bond donors (Lipinski definition) is 1. The number of piperazine rings is 1. The van der Waals surface area contributed by atoms with Crippen molar-refractivity contribution >= 4 is 5.69 Å². The van der Waals surface area contributed by atoms with Gasteiger partial charge >= 0.3 is 0 Å². The number of methoxy groups -OCH3 is 1. The van der Waals surface area contributed by atoms with E-state index in [0.29, 0.717) is 6.04 Å². The van der Waals surface area contributed by atoms with Gasteiger partial charge < -0.3 is 15.4 Å². The first-order valence-electron chi connectivity index (χ1n) is 6.44. The molecule has 100 valence electrons. The summed E-state index contributed by atoms with van der Waals surface area (Å²) in [6.07, 6.45) is 0. The molecule has 0 aliphatic carbocycles. The van der Waals surface area contributed by atoms with E-state index in [9.17, 15) is 0 Å². The molecule has 4 nitrogen and oxygen atoms in total. The lowest BCUT2D eigenvalue weighted by molar-refractivity contribution is 0.0999. The molecule has 2 rings (SSSR count). The van der Waals surface area contributed by atoms with Crippen LogP contribution in [0, 0.1) is 0 Å². The highest BCUT2D eigenvalue weighted by Gasteiger charge is 2.20. The number of nitrogens with two attached hydrogens (primary N) is 1. The Morgan fingerprint density at radius 3 is 2.78 bits per heavy atom. The molecular formula is C14H23N3O. The van der Waals surface area contributed by atoms with Crippen molar-refractivity contribution in [2.45, 2.75) is 19.5 Å². The molecule has 0 spiro atoms. The van der Waals surface area contributed by atoms with Crippen LogP contribution in [0.5, 0.6) is 5.75 Å². The second kappa shape index (κ2) is 5.59. The number of hydrogen-bond acceptors (Lipinski definition) is 4. The summed E-state index contributed by atoms with van der Waals surface area (Å²) in [5.74, 6) is 0.840. The maximum absolute atomic E-state index is 5.88. The summed E-state index contributed by atoms with van der Waals surface area (Å²) in [5, 5.41) is 0. The molecule has 18 heavy (non-hydrogen) atoms. The summed E-state index contributed by atoms with van der Waals surface area (Å²) in [6, 6.07) is 6.57. The van der Waals surface area contributed by atoms with E-state index in [1.54, 1.807) is 7.11 Å². The maximum Gasteiger partial charge on any atom is 0.121 e. The lowest BCUT2D eigenvalue weighted by Crippen LogP contribution is -2.49. The van der Waals surface area contributed by atoms with Crippen LogP contribution in [0.15, 0.2) is 18.2 Å². The molecule has 0 amide bonds. The Labute approximate surface area is 109 Å². The fraction of sp³-hybridized carbons (Fsp3) is 0.571. The van der Waals surface area contributed by atoms with E-state index in [4.69, 9.17) is 10.5 Å². The van der Waals surface area contributed by atoms with Gasteiger partial charge in [-0.1, -0.05) is 0 Å². The average Bonchev–Trinajstić information content (AvgIpc) is 2.33. The Morgan fingerprint density at radius 1 is 1.33 bits per heavy atom. The van der Waals surface area contributed by atoms with E-state index in [1.165, 1.54) is 5.56 Å². The molecule has 1 aliphatic rings. The monoisotopic (exact) mass is 249 g/mol. The maximum atomic E-state index is 5.88. The van der Waals surface area contributed by atoms with Crippen LogP contribution < -0.4 is 10.5 Å². The molecule has 0 aromatic heterocycles. The molecule has 1 aliphatic heterocycles. The summed E-state index contributed by atoms with van der Waals surface area (Å²) in [7, 11) is 3.86. The molecule has 1 heterocycles. The highest BCUT2D eigenvalue weighted by atomic mass is 16.5. The summed E-state index contributed by atoms with van der Waals surface area (Å²) in [5.41, 5.74) is 7.88. The zero-order valence-electron chi connectivity index (χ0n) is 11.5. The minimum absolute atomic E-state index is 0.613. The second-order valence-electron chi connectivity index (χ2n) is 5.18.